The van der Waals surface area contributed by atoms with E-state index < -0.39 is 5.60 Å². The molecule has 1 amide bonds. The summed E-state index contributed by atoms with van der Waals surface area (Å²) in [6.07, 6.45) is 2.42. The van der Waals surface area contributed by atoms with E-state index in [4.69, 9.17) is 4.74 Å². The van der Waals surface area contributed by atoms with Crippen molar-refractivity contribution in [2.75, 3.05) is 13.7 Å². The van der Waals surface area contributed by atoms with Crippen molar-refractivity contribution < 1.29 is 14.6 Å². The minimum absolute atomic E-state index is 0.171. The Balaban J connectivity index is 1.53. The number of aryl methyl sites for hydroxylation is 1. The van der Waals surface area contributed by atoms with Crippen LogP contribution in [0.25, 0.3) is 10.8 Å². The van der Waals surface area contributed by atoms with Gasteiger partial charge in [-0.15, -0.1) is 0 Å². The van der Waals surface area contributed by atoms with E-state index in [0.717, 1.165) is 40.5 Å². The third-order valence-electron chi connectivity index (χ3n) is 5.40. The van der Waals surface area contributed by atoms with Crippen LogP contribution in [0.3, 0.4) is 0 Å². The molecule has 0 aliphatic heterocycles. The van der Waals surface area contributed by atoms with Crippen LogP contribution in [0.2, 0.25) is 0 Å². The van der Waals surface area contributed by atoms with Crippen molar-refractivity contribution in [3.63, 3.8) is 0 Å². The second kappa shape index (κ2) is 7.05. The Labute approximate surface area is 158 Å². The van der Waals surface area contributed by atoms with Gasteiger partial charge in [0.05, 0.1) is 13.7 Å². The first kappa shape index (κ1) is 17.6. The lowest BCUT2D eigenvalue weighted by molar-refractivity contribution is 0.0189. The fourth-order valence-corrected chi connectivity index (χ4v) is 3.91. The quantitative estimate of drug-likeness (QED) is 0.743. The number of nitrogens with one attached hydrogen (secondary N) is 1. The molecule has 1 aliphatic carbocycles. The van der Waals surface area contributed by atoms with Gasteiger partial charge in [-0.1, -0.05) is 36.4 Å². The van der Waals surface area contributed by atoms with E-state index in [2.05, 4.69) is 5.32 Å². The van der Waals surface area contributed by atoms with Gasteiger partial charge in [0.15, 0.2) is 0 Å². The smallest absolute Gasteiger partial charge is 0.251 e. The van der Waals surface area contributed by atoms with Crippen LogP contribution in [0.15, 0.2) is 60.7 Å². The molecular formula is C23H23NO3. The van der Waals surface area contributed by atoms with Crippen LogP contribution < -0.4 is 10.1 Å². The molecule has 3 aromatic rings. The summed E-state index contributed by atoms with van der Waals surface area (Å²) in [6.45, 7) is 0.192. The van der Waals surface area contributed by atoms with Gasteiger partial charge in [-0.05, 0) is 65.4 Å². The molecule has 3 aromatic carbocycles. The van der Waals surface area contributed by atoms with Crippen molar-refractivity contribution in [3.8, 4) is 5.75 Å². The molecule has 4 rings (SSSR count). The second-order valence-corrected chi connectivity index (χ2v) is 7.15. The molecule has 0 spiro atoms. The summed E-state index contributed by atoms with van der Waals surface area (Å²) in [4.78, 5) is 12.6. The molecule has 138 valence electrons. The molecule has 2 N–H and O–H groups in total. The van der Waals surface area contributed by atoms with E-state index in [1.807, 2.05) is 60.7 Å². The van der Waals surface area contributed by atoms with Gasteiger partial charge in [0.2, 0.25) is 0 Å². The standard InChI is InChI=1S/C23H23NO3/c1-27-20-10-11-21-18(14-20)7-4-12-23(21,26)15-24-22(25)19-9-8-16-5-2-3-6-17(16)13-19/h2-3,5-6,8-11,13-14,26H,4,7,12,15H2,1H3,(H,24,25). The predicted octanol–water partition coefficient (Wildman–Crippen LogP) is 3.80. The SMILES string of the molecule is COc1ccc2c(c1)CCCC2(O)CNC(=O)c1ccc2ccccc2c1. The second-order valence-electron chi connectivity index (χ2n) is 7.15. The highest BCUT2D eigenvalue weighted by Crippen LogP contribution is 2.36. The van der Waals surface area contributed by atoms with Gasteiger partial charge in [-0.2, -0.15) is 0 Å². The zero-order chi connectivity index (χ0) is 18.9. The zero-order valence-corrected chi connectivity index (χ0v) is 15.4. The van der Waals surface area contributed by atoms with E-state index in [0.29, 0.717) is 12.0 Å². The number of carbonyl (C=O) groups is 1. The van der Waals surface area contributed by atoms with Gasteiger partial charge in [0.1, 0.15) is 11.4 Å². The van der Waals surface area contributed by atoms with Crippen molar-refractivity contribution in [2.45, 2.75) is 24.9 Å². The van der Waals surface area contributed by atoms with E-state index in [1.165, 1.54) is 0 Å². The molecule has 1 aliphatic rings. The molecule has 0 heterocycles. The number of ether oxygens (including phenoxy) is 1. The van der Waals surface area contributed by atoms with Crippen LogP contribution in [-0.2, 0) is 12.0 Å². The Morgan fingerprint density at radius 3 is 2.74 bits per heavy atom. The van der Waals surface area contributed by atoms with Crippen LogP contribution in [0.4, 0.5) is 0 Å². The molecule has 4 heteroatoms. The van der Waals surface area contributed by atoms with Gasteiger partial charge in [-0.3, -0.25) is 4.79 Å². The maximum atomic E-state index is 12.6. The normalized spacial score (nSPS) is 18.7. The van der Waals surface area contributed by atoms with Crippen molar-refractivity contribution in [2.24, 2.45) is 0 Å². The van der Waals surface area contributed by atoms with Crippen molar-refractivity contribution in [3.05, 3.63) is 77.4 Å². The molecular weight excluding hydrogens is 338 g/mol. The first-order chi connectivity index (χ1) is 13.1. The van der Waals surface area contributed by atoms with Crippen LogP contribution in [0, 0.1) is 0 Å². The highest BCUT2D eigenvalue weighted by atomic mass is 16.5. The van der Waals surface area contributed by atoms with Crippen LogP contribution >= 0.6 is 0 Å². The minimum atomic E-state index is -1.05. The van der Waals surface area contributed by atoms with E-state index in [9.17, 15) is 9.90 Å². The van der Waals surface area contributed by atoms with Crippen molar-refractivity contribution in [1.82, 2.24) is 5.32 Å². The fourth-order valence-electron chi connectivity index (χ4n) is 3.91. The number of carbonyl (C=O) groups excluding carboxylic acids is 1. The number of amides is 1. The Morgan fingerprint density at radius 2 is 1.93 bits per heavy atom. The van der Waals surface area contributed by atoms with E-state index in [-0.39, 0.29) is 12.5 Å². The molecule has 0 saturated carbocycles. The summed E-state index contributed by atoms with van der Waals surface area (Å²) in [7, 11) is 1.64. The fraction of sp³-hybridized carbons (Fsp3) is 0.261. The lowest BCUT2D eigenvalue weighted by atomic mass is 9.79. The van der Waals surface area contributed by atoms with Gasteiger partial charge in [0, 0.05) is 5.56 Å². The Kier molecular flexibility index (Phi) is 4.58. The lowest BCUT2D eigenvalue weighted by Crippen LogP contribution is -2.43. The molecule has 0 aromatic heterocycles. The first-order valence-electron chi connectivity index (χ1n) is 9.26. The van der Waals surface area contributed by atoms with Gasteiger partial charge >= 0.3 is 0 Å². The lowest BCUT2D eigenvalue weighted by Gasteiger charge is -2.35. The Hall–Kier alpha value is -2.85. The number of aliphatic hydroxyl groups is 1. The highest BCUT2D eigenvalue weighted by molar-refractivity contribution is 5.98. The summed E-state index contributed by atoms with van der Waals surface area (Å²) in [5.41, 5.74) is 1.52. The van der Waals surface area contributed by atoms with Crippen LogP contribution in [0.5, 0.6) is 5.75 Å². The summed E-state index contributed by atoms with van der Waals surface area (Å²) in [6, 6.07) is 19.3. The summed E-state index contributed by atoms with van der Waals surface area (Å²) >= 11 is 0. The molecule has 0 saturated heterocycles. The summed E-state index contributed by atoms with van der Waals surface area (Å²) in [5, 5.41) is 16.2. The van der Waals surface area contributed by atoms with Gasteiger partial charge in [0.25, 0.3) is 5.91 Å². The van der Waals surface area contributed by atoms with Crippen molar-refractivity contribution >= 4 is 16.7 Å². The number of hydrogen-bond donors (Lipinski definition) is 2. The van der Waals surface area contributed by atoms with Crippen LogP contribution in [-0.4, -0.2) is 24.7 Å². The topological polar surface area (TPSA) is 58.6 Å². The number of fused-ring (bicyclic) bond motifs is 2. The average Bonchev–Trinajstić information content (AvgIpc) is 2.71. The Morgan fingerprint density at radius 1 is 1.11 bits per heavy atom. The monoisotopic (exact) mass is 361 g/mol. The number of methoxy groups -OCH3 is 1. The summed E-state index contributed by atoms with van der Waals surface area (Å²) < 4.78 is 5.29. The molecule has 0 bridgehead atoms. The largest absolute Gasteiger partial charge is 0.497 e. The molecule has 4 nitrogen and oxygen atoms in total. The maximum Gasteiger partial charge on any atom is 0.251 e. The molecule has 1 atom stereocenters. The minimum Gasteiger partial charge on any atom is -0.497 e. The number of rotatable bonds is 4. The Bertz CT molecular complexity index is 998. The third-order valence-corrected chi connectivity index (χ3v) is 5.40. The molecule has 0 radical (unpaired) electrons. The molecule has 0 fully saturated rings. The number of hydrogen-bond acceptors (Lipinski definition) is 3. The number of benzene rings is 3. The molecule has 1 unspecified atom stereocenters. The van der Waals surface area contributed by atoms with Gasteiger partial charge < -0.3 is 15.2 Å². The van der Waals surface area contributed by atoms with E-state index in [1.54, 1.807) is 7.11 Å². The predicted molar refractivity (Wildman–Crippen MR) is 106 cm³/mol. The van der Waals surface area contributed by atoms with Crippen LogP contribution in [0.1, 0.15) is 34.3 Å². The third kappa shape index (κ3) is 3.40. The zero-order valence-electron chi connectivity index (χ0n) is 15.4. The van der Waals surface area contributed by atoms with Gasteiger partial charge in [-0.25, -0.2) is 0 Å². The summed E-state index contributed by atoms with van der Waals surface area (Å²) in [5.74, 6) is 0.619. The molecule has 27 heavy (non-hydrogen) atoms. The van der Waals surface area contributed by atoms with Crippen molar-refractivity contribution in [1.29, 1.82) is 0 Å². The average molecular weight is 361 g/mol. The van der Waals surface area contributed by atoms with E-state index >= 15 is 0 Å². The first-order valence-corrected chi connectivity index (χ1v) is 9.26. The maximum absolute atomic E-state index is 12.6. The highest BCUT2D eigenvalue weighted by Gasteiger charge is 2.34.